The number of aromatic nitrogens is 2. The number of nitrogens with one attached hydrogen (secondary N) is 2. The lowest BCUT2D eigenvalue weighted by atomic mass is 10.3. The van der Waals surface area contributed by atoms with Crippen LogP contribution >= 0.6 is 0 Å². The molecule has 0 radical (unpaired) electrons. The van der Waals surface area contributed by atoms with Gasteiger partial charge in [-0.1, -0.05) is 0 Å². The van der Waals surface area contributed by atoms with Crippen molar-refractivity contribution in [1.82, 2.24) is 20.2 Å². The van der Waals surface area contributed by atoms with Crippen molar-refractivity contribution in [3.05, 3.63) is 16.7 Å². The summed E-state index contributed by atoms with van der Waals surface area (Å²) in [4.78, 5) is 33.2. The number of hydrogen-bond donors (Lipinski definition) is 3. The number of amides is 1. The summed E-state index contributed by atoms with van der Waals surface area (Å²) in [5.41, 5.74) is 5.28. The Kier molecular flexibility index (Phi) is 4.00. The number of likely N-dealkylation sites (N-methyl/N-ethyl adjacent to an activating group) is 1. The van der Waals surface area contributed by atoms with Gasteiger partial charge in [-0.15, -0.1) is 0 Å². The van der Waals surface area contributed by atoms with E-state index >= 15 is 0 Å². The van der Waals surface area contributed by atoms with Crippen LogP contribution in [-0.2, 0) is 4.79 Å². The Labute approximate surface area is 110 Å². The summed E-state index contributed by atoms with van der Waals surface area (Å²) in [5, 5.41) is 3.19. The van der Waals surface area contributed by atoms with Gasteiger partial charge in [-0.25, -0.2) is 4.98 Å². The Morgan fingerprint density at radius 2 is 2.21 bits per heavy atom. The van der Waals surface area contributed by atoms with E-state index < -0.39 is 5.56 Å². The first-order valence-corrected chi connectivity index (χ1v) is 6.12. The van der Waals surface area contributed by atoms with Gasteiger partial charge in [0.15, 0.2) is 5.82 Å². The van der Waals surface area contributed by atoms with E-state index in [1.165, 1.54) is 6.33 Å². The molecule has 1 aromatic rings. The number of hydrogen-bond acceptors (Lipinski definition) is 6. The van der Waals surface area contributed by atoms with Gasteiger partial charge in [0.2, 0.25) is 5.91 Å². The van der Waals surface area contributed by atoms with E-state index in [0.29, 0.717) is 18.9 Å². The molecule has 104 valence electrons. The number of nitrogens with two attached hydrogens (primary N) is 1. The summed E-state index contributed by atoms with van der Waals surface area (Å²) >= 11 is 0. The van der Waals surface area contributed by atoms with Crippen LogP contribution in [0.5, 0.6) is 0 Å². The van der Waals surface area contributed by atoms with Crippen LogP contribution in [0.2, 0.25) is 0 Å². The molecule has 19 heavy (non-hydrogen) atoms. The van der Waals surface area contributed by atoms with Gasteiger partial charge in [-0.05, 0) is 0 Å². The zero-order chi connectivity index (χ0) is 13.8. The van der Waals surface area contributed by atoms with Crippen LogP contribution in [-0.4, -0.2) is 60.5 Å². The molecule has 0 aliphatic carbocycles. The number of carbonyl (C=O) groups excluding carboxylic acids is 1. The quantitative estimate of drug-likeness (QED) is 0.597. The van der Waals surface area contributed by atoms with Gasteiger partial charge in [-0.2, -0.15) is 0 Å². The van der Waals surface area contributed by atoms with E-state index in [0.717, 1.165) is 13.1 Å². The molecule has 1 aliphatic heterocycles. The third-order valence-electron chi connectivity index (χ3n) is 3.07. The fourth-order valence-electron chi connectivity index (χ4n) is 2.00. The van der Waals surface area contributed by atoms with Crippen LogP contribution in [0.1, 0.15) is 0 Å². The van der Waals surface area contributed by atoms with E-state index in [4.69, 9.17) is 5.73 Å². The van der Waals surface area contributed by atoms with Crippen LogP contribution in [0, 0.1) is 0 Å². The van der Waals surface area contributed by atoms with Crippen molar-refractivity contribution in [3.63, 3.8) is 0 Å². The van der Waals surface area contributed by atoms with Crippen molar-refractivity contribution in [2.45, 2.75) is 0 Å². The van der Waals surface area contributed by atoms with Crippen LogP contribution in [0.15, 0.2) is 11.1 Å². The molecule has 1 fully saturated rings. The van der Waals surface area contributed by atoms with Crippen LogP contribution in [0.25, 0.3) is 0 Å². The minimum atomic E-state index is -0.397. The van der Waals surface area contributed by atoms with E-state index in [2.05, 4.69) is 15.3 Å². The Balaban J connectivity index is 2.04. The summed E-state index contributed by atoms with van der Waals surface area (Å²) in [6.07, 6.45) is 1.28. The number of nitrogens with zero attached hydrogens (tertiary/aromatic N) is 3. The van der Waals surface area contributed by atoms with Gasteiger partial charge in [0.05, 0.1) is 12.9 Å². The maximum Gasteiger partial charge on any atom is 0.276 e. The van der Waals surface area contributed by atoms with Gasteiger partial charge in [-0.3, -0.25) is 9.59 Å². The first-order chi connectivity index (χ1) is 9.09. The van der Waals surface area contributed by atoms with E-state index in [1.54, 1.807) is 16.8 Å². The Morgan fingerprint density at radius 3 is 2.89 bits per heavy atom. The number of aromatic amines is 1. The standard InChI is InChI=1S/C11H18N6O2/c1-16(10-9(12)11(19)15-7-14-10)6-8(18)17-4-2-13-3-5-17/h7,13H,2-6,12H2,1H3,(H,14,15,19). The molecule has 0 spiro atoms. The van der Waals surface area contributed by atoms with Crippen molar-refractivity contribution < 1.29 is 4.79 Å². The third-order valence-corrected chi connectivity index (χ3v) is 3.07. The number of nitrogen functional groups attached to an aromatic ring is 1. The van der Waals surface area contributed by atoms with Gasteiger partial charge >= 0.3 is 0 Å². The first-order valence-electron chi connectivity index (χ1n) is 6.12. The average Bonchev–Trinajstić information content (AvgIpc) is 2.42. The predicted octanol–water partition coefficient (Wildman–Crippen LogP) is -1.78. The highest BCUT2D eigenvalue weighted by molar-refractivity contribution is 5.82. The zero-order valence-electron chi connectivity index (χ0n) is 10.8. The number of anilines is 2. The maximum atomic E-state index is 12.1. The summed E-state index contributed by atoms with van der Waals surface area (Å²) in [5.74, 6) is 0.331. The lowest BCUT2D eigenvalue weighted by Gasteiger charge is -2.29. The molecule has 4 N–H and O–H groups in total. The lowest BCUT2D eigenvalue weighted by Crippen LogP contribution is -2.49. The second-order valence-corrected chi connectivity index (χ2v) is 4.46. The number of piperazine rings is 1. The summed E-state index contributed by atoms with van der Waals surface area (Å²) in [7, 11) is 1.69. The molecule has 8 nitrogen and oxygen atoms in total. The Hall–Kier alpha value is -2.09. The maximum absolute atomic E-state index is 12.1. The largest absolute Gasteiger partial charge is 0.391 e. The molecule has 0 unspecified atom stereocenters. The zero-order valence-corrected chi connectivity index (χ0v) is 10.8. The topological polar surface area (TPSA) is 107 Å². The molecule has 0 aromatic carbocycles. The summed E-state index contributed by atoms with van der Waals surface area (Å²) in [6.45, 7) is 3.16. The smallest absolute Gasteiger partial charge is 0.276 e. The van der Waals surface area contributed by atoms with Crippen molar-refractivity contribution in [3.8, 4) is 0 Å². The Morgan fingerprint density at radius 1 is 1.53 bits per heavy atom. The molecule has 1 aliphatic rings. The van der Waals surface area contributed by atoms with Gasteiger partial charge in [0.25, 0.3) is 5.56 Å². The fourth-order valence-corrected chi connectivity index (χ4v) is 2.00. The van der Waals surface area contributed by atoms with Crippen LogP contribution in [0.3, 0.4) is 0 Å². The number of rotatable bonds is 3. The van der Waals surface area contributed by atoms with Gasteiger partial charge in [0, 0.05) is 33.2 Å². The monoisotopic (exact) mass is 266 g/mol. The molecule has 1 saturated heterocycles. The third kappa shape index (κ3) is 3.02. The minimum absolute atomic E-state index is 0.00508. The molecular weight excluding hydrogens is 248 g/mol. The van der Waals surface area contributed by atoms with Gasteiger partial charge in [0.1, 0.15) is 5.69 Å². The van der Waals surface area contributed by atoms with E-state index in [-0.39, 0.29) is 18.1 Å². The molecule has 0 atom stereocenters. The number of carbonyl (C=O) groups is 1. The molecule has 2 heterocycles. The van der Waals surface area contributed by atoms with Crippen molar-refractivity contribution in [2.75, 3.05) is 50.4 Å². The highest BCUT2D eigenvalue weighted by atomic mass is 16.2. The highest BCUT2D eigenvalue weighted by Crippen LogP contribution is 2.12. The molecule has 1 aromatic heterocycles. The second kappa shape index (κ2) is 5.70. The van der Waals surface area contributed by atoms with Crippen molar-refractivity contribution in [1.29, 1.82) is 0 Å². The van der Waals surface area contributed by atoms with Crippen LogP contribution in [0.4, 0.5) is 11.5 Å². The number of H-pyrrole nitrogens is 1. The van der Waals surface area contributed by atoms with Gasteiger partial charge < -0.3 is 25.8 Å². The molecule has 0 saturated carbocycles. The van der Waals surface area contributed by atoms with E-state index in [1.807, 2.05) is 0 Å². The molecule has 2 rings (SSSR count). The highest BCUT2D eigenvalue weighted by Gasteiger charge is 2.19. The first kappa shape index (κ1) is 13.3. The molecule has 1 amide bonds. The average molecular weight is 266 g/mol. The SMILES string of the molecule is CN(CC(=O)N1CCNCC1)c1nc[nH]c(=O)c1N. The minimum Gasteiger partial charge on any atom is -0.391 e. The summed E-state index contributed by atoms with van der Waals surface area (Å²) in [6, 6.07) is 0. The Bertz CT molecular complexity index is 508. The van der Waals surface area contributed by atoms with E-state index in [9.17, 15) is 9.59 Å². The summed E-state index contributed by atoms with van der Waals surface area (Å²) < 4.78 is 0. The molecular formula is C11H18N6O2. The molecule has 0 bridgehead atoms. The molecule has 8 heteroatoms. The lowest BCUT2D eigenvalue weighted by molar-refractivity contribution is -0.130. The van der Waals surface area contributed by atoms with Crippen LogP contribution < -0.4 is 21.5 Å². The normalized spacial score (nSPS) is 15.3. The predicted molar refractivity (Wildman–Crippen MR) is 72.0 cm³/mol. The van der Waals surface area contributed by atoms with Crippen molar-refractivity contribution in [2.24, 2.45) is 0 Å². The fraction of sp³-hybridized carbons (Fsp3) is 0.545. The van der Waals surface area contributed by atoms with Crippen molar-refractivity contribution >= 4 is 17.4 Å². The second-order valence-electron chi connectivity index (χ2n) is 4.46.